The zero-order chi connectivity index (χ0) is 17.1. The number of fused-ring (bicyclic) bond motifs is 1. The Morgan fingerprint density at radius 1 is 1.04 bits per heavy atom. The van der Waals surface area contributed by atoms with E-state index >= 15 is 0 Å². The van der Waals surface area contributed by atoms with Crippen LogP contribution in [-0.4, -0.2) is 55.2 Å². The fourth-order valence-corrected chi connectivity index (χ4v) is 3.06. The van der Waals surface area contributed by atoms with E-state index < -0.39 is 0 Å². The van der Waals surface area contributed by atoms with Crippen molar-refractivity contribution < 1.29 is 18.7 Å². The Hall–Kier alpha value is -2.67. The molecule has 7 nitrogen and oxygen atoms in total. The van der Waals surface area contributed by atoms with Crippen molar-refractivity contribution in [2.45, 2.75) is 6.54 Å². The summed E-state index contributed by atoms with van der Waals surface area (Å²) in [6.07, 6.45) is 1.69. The third-order valence-corrected chi connectivity index (χ3v) is 4.41. The first-order chi connectivity index (χ1) is 12.3. The summed E-state index contributed by atoms with van der Waals surface area (Å²) in [5.74, 6) is 2.34. The van der Waals surface area contributed by atoms with Gasteiger partial charge in [-0.2, -0.15) is 0 Å². The Morgan fingerprint density at radius 3 is 2.60 bits per heavy atom. The van der Waals surface area contributed by atoms with E-state index in [0.717, 1.165) is 31.1 Å². The molecule has 1 aromatic carbocycles. The number of urea groups is 1. The van der Waals surface area contributed by atoms with Crippen molar-refractivity contribution in [1.29, 1.82) is 0 Å². The molecule has 2 aromatic rings. The van der Waals surface area contributed by atoms with Gasteiger partial charge in [-0.1, -0.05) is 0 Å². The number of hydrogen-bond acceptors (Lipinski definition) is 5. The third-order valence-electron chi connectivity index (χ3n) is 4.41. The molecule has 0 atom stereocenters. The van der Waals surface area contributed by atoms with Gasteiger partial charge in [-0.05, 0) is 24.3 Å². The largest absolute Gasteiger partial charge is 0.486 e. The van der Waals surface area contributed by atoms with Gasteiger partial charge in [0.2, 0.25) is 0 Å². The summed E-state index contributed by atoms with van der Waals surface area (Å²) in [6.45, 7) is 4.91. The molecule has 1 fully saturated rings. The van der Waals surface area contributed by atoms with Crippen molar-refractivity contribution in [1.82, 2.24) is 9.80 Å². The van der Waals surface area contributed by atoms with Crippen molar-refractivity contribution in [2.24, 2.45) is 0 Å². The molecule has 0 radical (unpaired) electrons. The quantitative estimate of drug-likeness (QED) is 0.927. The maximum atomic E-state index is 12.5. The van der Waals surface area contributed by atoms with Crippen LogP contribution in [0.5, 0.6) is 11.5 Å². The fourth-order valence-electron chi connectivity index (χ4n) is 3.06. The second-order valence-corrected chi connectivity index (χ2v) is 6.13. The lowest BCUT2D eigenvalue weighted by Gasteiger charge is -2.34. The molecule has 3 heterocycles. The molecule has 0 spiro atoms. The highest BCUT2D eigenvalue weighted by molar-refractivity contribution is 5.89. The molecule has 2 aliphatic heterocycles. The minimum Gasteiger partial charge on any atom is -0.486 e. The monoisotopic (exact) mass is 343 g/mol. The summed E-state index contributed by atoms with van der Waals surface area (Å²) < 4.78 is 16.4. The van der Waals surface area contributed by atoms with Crippen LogP contribution in [0.1, 0.15) is 5.76 Å². The van der Waals surface area contributed by atoms with E-state index in [1.165, 1.54) is 0 Å². The predicted molar refractivity (Wildman–Crippen MR) is 92.0 cm³/mol. The molecule has 7 heteroatoms. The Bertz CT molecular complexity index is 724. The summed E-state index contributed by atoms with van der Waals surface area (Å²) >= 11 is 0. The molecule has 0 bridgehead atoms. The van der Waals surface area contributed by atoms with Gasteiger partial charge in [0, 0.05) is 37.9 Å². The van der Waals surface area contributed by atoms with Crippen molar-refractivity contribution >= 4 is 11.7 Å². The zero-order valence-electron chi connectivity index (χ0n) is 13.9. The first kappa shape index (κ1) is 15.8. The van der Waals surface area contributed by atoms with Crippen LogP contribution < -0.4 is 14.8 Å². The van der Waals surface area contributed by atoms with Gasteiger partial charge in [-0.25, -0.2) is 4.79 Å². The summed E-state index contributed by atoms with van der Waals surface area (Å²) in [6, 6.07) is 9.24. The summed E-state index contributed by atoms with van der Waals surface area (Å²) in [5, 5.41) is 2.94. The number of rotatable bonds is 3. The van der Waals surface area contributed by atoms with Gasteiger partial charge in [-0.15, -0.1) is 0 Å². The highest BCUT2D eigenvalue weighted by Crippen LogP contribution is 2.32. The molecular weight excluding hydrogens is 322 g/mol. The van der Waals surface area contributed by atoms with Crippen LogP contribution >= 0.6 is 0 Å². The van der Waals surface area contributed by atoms with Gasteiger partial charge in [0.1, 0.15) is 19.0 Å². The van der Waals surface area contributed by atoms with Crippen molar-refractivity contribution in [2.75, 3.05) is 44.7 Å². The van der Waals surface area contributed by atoms with Crippen LogP contribution in [0.2, 0.25) is 0 Å². The molecule has 0 aliphatic carbocycles. The van der Waals surface area contributed by atoms with E-state index in [-0.39, 0.29) is 6.03 Å². The predicted octanol–water partition coefficient (Wildman–Crippen LogP) is 2.40. The Kier molecular flexibility index (Phi) is 4.47. The Morgan fingerprint density at radius 2 is 1.84 bits per heavy atom. The normalized spacial score (nSPS) is 17.4. The standard InChI is InChI=1S/C18H21N3O4/c22-18(19-14-3-4-16-17(12-14)25-11-10-24-16)21-7-5-20(6-8-21)13-15-2-1-9-23-15/h1-4,9,12H,5-8,10-11,13H2,(H,19,22). The average molecular weight is 343 g/mol. The lowest BCUT2D eigenvalue weighted by Crippen LogP contribution is -2.49. The molecule has 4 rings (SSSR count). The number of amides is 2. The fraction of sp³-hybridized carbons (Fsp3) is 0.389. The number of benzene rings is 1. The maximum absolute atomic E-state index is 12.5. The van der Waals surface area contributed by atoms with Crippen LogP contribution in [0.15, 0.2) is 41.0 Å². The molecule has 132 valence electrons. The van der Waals surface area contributed by atoms with Gasteiger partial charge >= 0.3 is 6.03 Å². The van der Waals surface area contributed by atoms with Crippen LogP contribution in [0.4, 0.5) is 10.5 Å². The first-order valence-corrected chi connectivity index (χ1v) is 8.48. The maximum Gasteiger partial charge on any atom is 0.321 e. The molecule has 0 saturated carbocycles. The van der Waals surface area contributed by atoms with Gasteiger partial charge in [0.15, 0.2) is 11.5 Å². The van der Waals surface area contributed by atoms with Crippen molar-refractivity contribution in [3.63, 3.8) is 0 Å². The van der Waals surface area contributed by atoms with E-state index in [9.17, 15) is 4.79 Å². The molecule has 0 unspecified atom stereocenters. The van der Waals surface area contributed by atoms with E-state index in [2.05, 4.69) is 10.2 Å². The number of nitrogens with zero attached hydrogens (tertiary/aromatic N) is 2. The molecule has 2 amide bonds. The number of anilines is 1. The van der Waals surface area contributed by atoms with E-state index in [1.54, 1.807) is 12.3 Å². The second kappa shape index (κ2) is 7.06. The molecular formula is C18H21N3O4. The van der Waals surface area contributed by atoms with Crippen molar-refractivity contribution in [3.05, 3.63) is 42.4 Å². The summed E-state index contributed by atoms with van der Waals surface area (Å²) in [7, 11) is 0. The van der Waals surface area contributed by atoms with Gasteiger partial charge < -0.3 is 24.1 Å². The number of carbonyl (C=O) groups is 1. The Labute approximate surface area is 146 Å². The third kappa shape index (κ3) is 3.71. The summed E-state index contributed by atoms with van der Waals surface area (Å²) in [4.78, 5) is 16.6. The number of furan rings is 1. The number of ether oxygens (including phenoxy) is 2. The van der Waals surface area contributed by atoms with Crippen LogP contribution in [0.25, 0.3) is 0 Å². The molecule has 2 aliphatic rings. The number of nitrogens with one attached hydrogen (secondary N) is 1. The minimum absolute atomic E-state index is 0.0886. The molecule has 1 aromatic heterocycles. The minimum atomic E-state index is -0.0886. The van der Waals surface area contributed by atoms with E-state index in [0.29, 0.717) is 37.7 Å². The van der Waals surface area contributed by atoms with Crippen LogP contribution in [0, 0.1) is 0 Å². The smallest absolute Gasteiger partial charge is 0.321 e. The molecule has 25 heavy (non-hydrogen) atoms. The number of hydrogen-bond donors (Lipinski definition) is 1. The molecule has 1 saturated heterocycles. The lowest BCUT2D eigenvalue weighted by molar-refractivity contribution is 0.137. The number of carbonyl (C=O) groups excluding carboxylic acids is 1. The van der Waals surface area contributed by atoms with Crippen molar-refractivity contribution in [3.8, 4) is 11.5 Å². The van der Waals surface area contributed by atoms with Crippen LogP contribution in [0.3, 0.4) is 0 Å². The van der Waals surface area contributed by atoms with Gasteiger partial charge in [0.25, 0.3) is 0 Å². The second-order valence-electron chi connectivity index (χ2n) is 6.13. The summed E-state index contributed by atoms with van der Waals surface area (Å²) in [5.41, 5.74) is 0.715. The zero-order valence-corrected chi connectivity index (χ0v) is 13.9. The van der Waals surface area contributed by atoms with E-state index in [4.69, 9.17) is 13.9 Å². The topological polar surface area (TPSA) is 67.2 Å². The number of piperazine rings is 1. The molecule has 1 N–H and O–H groups in total. The highest BCUT2D eigenvalue weighted by Gasteiger charge is 2.22. The Balaban J connectivity index is 1.30. The first-order valence-electron chi connectivity index (χ1n) is 8.48. The van der Waals surface area contributed by atoms with Gasteiger partial charge in [-0.3, -0.25) is 4.90 Å². The average Bonchev–Trinajstić information content (AvgIpc) is 3.15. The lowest BCUT2D eigenvalue weighted by atomic mass is 10.2. The van der Waals surface area contributed by atoms with Gasteiger partial charge in [0.05, 0.1) is 12.8 Å². The van der Waals surface area contributed by atoms with E-state index in [1.807, 2.05) is 29.2 Å². The highest BCUT2D eigenvalue weighted by atomic mass is 16.6. The SMILES string of the molecule is O=C(Nc1ccc2c(c1)OCCO2)N1CCN(Cc2ccco2)CC1. The van der Waals surface area contributed by atoms with Crippen LogP contribution in [-0.2, 0) is 6.54 Å².